The van der Waals surface area contributed by atoms with E-state index in [9.17, 15) is 13.2 Å². The van der Waals surface area contributed by atoms with Crippen LogP contribution in [0.15, 0.2) is 64.4 Å². The Hall–Kier alpha value is -1.99. The molecule has 0 saturated carbocycles. The zero-order valence-corrected chi connectivity index (χ0v) is 17.5. The summed E-state index contributed by atoms with van der Waals surface area (Å²) >= 11 is 1.66. The van der Waals surface area contributed by atoms with E-state index in [-0.39, 0.29) is 5.91 Å². The van der Waals surface area contributed by atoms with Crippen LogP contribution in [0, 0.1) is 0 Å². The highest BCUT2D eigenvalue weighted by atomic mass is 32.2. The molecular weight excluding hydrogens is 394 g/mol. The van der Waals surface area contributed by atoms with Gasteiger partial charge in [0.15, 0.2) is 9.84 Å². The lowest BCUT2D eigenvalue weighted by Crippen LogP contribution is -2.42. The molecule has 150 valence electrons. The number of sulfone groups is 1. The number of rotatable bonds is 7. The first kappa shape index (κ1) is 20.7. The first-order valence-electron chi connectivity index (χ1n) is 9.34. The van der Waals surface area contributed by atoms with Gasteiger partial charge in [-0.2, -0.15) is 0 Å². The fourth-order valence-corrected chi connectivity index (χ4v) is 5.90. The van der Waals surface area contributed by atoms with Crippen LogP contribution >= 0.6 is 11.8 Å². The third kappa shape index (κ3) is 5.08. The van der Waals surface area contributed by atoms with Crippen molar-refractivity contribution in [1.82, 2.24) is 4.90 Å². The summed E-state index contributed by atoms with van der Waals surface area (Å²) < 4.78 is 30.8. The van der Waals surface area contributed by atoms with Gasteiger partial charge in [-0.3, -0.25) is 4.79 Å². The Bertz CT molecular complexity index is 874. The molecule has 1 saturated heterocycles. The van der Waals surface area contributed by atoms with E-state index in [0.717, 1.165) is 10.6 Å². The zero-order valence-electron chi connectivity index (χ0n) is 15.9. The van der Waals surface area contributed by atoms with Crippen LogP contribution in [0.4, 0.5) is 0 Å². The minimum Gasteiger partial charge on any atom is -0.497 e. The standard InChI is InChI=1S/C21H25NO4S2/c1-26-17-7-9-19(10-8-17)28(24,25)20-11-14-22(15-12-20)21(23)13-16-27-18-5-3-2-4-6-18/h2-10,20H,11-16H2,1H3. The number of piperidine rings is 1. The monoisotopic (exact) mass is 419 g/mol. The van der Waals surface area contributed by atoms with Crippen LogP contribution in [-0.4, -0.2) is 50.4 Å². The average molecular weight is 420 g/mol. The fraction of sp³-hybridized carbons (Fsp3) is 0.381. The molecule has 0 unspecified atom stereocenters. The van der Waals surface area contributed by atoms with Gasteiger partial charge in [0.05, 0.1) is 17.3 Å². The van der Waals surface area contributed by atoms with Gasteiger partial charge in [0.2, 0.25) is 5.91 Å². The van der Waals surface area contributed by atoms with Crippen LogP contribution in [0.25, 0.3) is 0 Å². The Labute approximate surface area is 171 Å². The number of amides is 1. The molecule has 0 radical (unpaired) electrons. The summed E-state index contributed by atoms with van der Waals surface area (Å²) in [7, 11) is -1.84. The van der Waals surface area contributed by atoms with Crippen molar-refractivity contribution in [2.24, 2.45) is 0 Å². The van der Waals surface area contributed by atoms with Crippen molar-refractivity contribution in [3.63, 3.8) is 0 Å². The van der Waals surface area contributed by atoms with Gasteiger partial charge in [0.1, 0.15) is 5.75 Å². The van der Waals surface area contributed by atoms with Crippen LogP contribution < -0.4 is 4.74 Å². The molecule has 0 bridgehead atoms. The normalized spacial score (nSPS) is 15.4. The number of nitrogens with zero attached hydrogens (tertiary/aromatic N) is 1. The Morgan fingerprint density at radius 3 is 2.32 bits per heavy atom. The highest BCUT2D eigenvalue weighted by molar-refractivity contribution is 7.99. The molecule has 1 heterocycles. The lowest BCUT2D eigenvalue weighted by atomic mass is 10.1. The SMILES string of the molecule is COc1ccc(S(=O)(=O)C2CCN(C(=O)CCSc3ccccc3)CC2)cc1. The minimum absolute atomic E-state index is 0.101. The quantitative estimate of drug-likeness (QED) is 0.641. The third-order valence-corrected chi connectivity index (χ3v) is 8.24. The van der Waals surface area contributed by atoms with Crippen molar-refractivity contribution in [1.29, 1.82) is 0 Å². The molecule has 1 fully saturated rings. The van der Waals surface area contributed by atoms with Crippen LogP contribution in [-0.2, 0) is 14.6 Å². The number of methoxy groups -OCH3 is 1. The van der Waals surface area contributed by atoms with E-state index in [1.54, 1.807) is 48.0 Å². The number of carbonyl (C=O) groups is 1. The van der Waals surface area contributed by atoms with Gasteiger partial charge in [-0.25, -0.2) is 8.42 Å². The lowest BCUT2D eigenvalue weighted by Gasteiger charge is -2.31. The van der Waals surface area contributed by atoms with Gasteiger partial charge in [-0.1, -0.05) is 18.2 Å². The molecule has 1 aliphatic rings. The Morgan fingerprint density at radius 1 is 1.07 bits per heavy atom. The molecule has 7 heteroatoms. The predicted octanol–water partition coefficient (Wildman–Crippen LogP) is 3.64. The van der Waals surface area contributed by atoms with Gasteiger partial charge < -0.3 is 9.64 Å². The molecule has 0 aromatic heterocycles. The minimum atomic E-state index is -3.39. The Balaban J connectivity index is 1.49. The molecule has 5 nitrogen and oxygen atoms in total. The molecule has 2 aromatic carbocycles. The predicted molar refractivity (Wildman–Crippen MR) is 112 cm³/mol. The van der Waals surface area contributed by atoms with Crippen LogP contribution in [0.5, 0.6) is 5.75 Å². The number of carbonyl (C=O) groups excluding carboxylic acids is 1. The van der Waals surface area contributed by atoms with Gasteiger partial charge in [-0.05, 0) is 49.2 Å². The highest BCUT2D eigenvalue weighted by Crippen LogP contribution is 2.26. The molecule has 0 spiro atoms. The van der Waals surface area contributed by atoms with E-state index < -0.39 is 15.1 Å². The molecular formula is C21H25NO4S2. The maximum absolute atomic E-state index is 12.8. The zero-order chi connectivity index (χ0) is 20.0. The van der Waals surface area contributed by atoms with Crippen molar-refractivity contribution in [2.75, 3.05) is 26.0 Å². The number of hydrogen-bond acceptors (Lipinski definition) is 5. The van der Waals surface area contributed by atoms with Gasteiger partial charge in [-0.15, -0.1) is 11.8 Å². The van der Waals surface area contributed by atoms with Crippen molar-refractivity contribution >= 4 is 27.5 Å². The van der Waals surface area contributed by atoms with Crippen molar-refractivity contribution < 1.29 is 17.9 Å². The number of benzene rings is 2. The first-order chi connectivity index (χ1) is 13.5. The van der Waals surface area contributed by atoms with E-state index in [0.29, 0.717) is 43.0 Å². The summed E-state index contributed by atoms with van der Waals surface area (Å²) in [6, 6.07) is 16.5. The average Bonchev–Trinajstić information content (AvgIpc) is 2.74. The van der Waals surface area contributed by atoms with E-state index in [4.69, 9.17) is 4.74 Å². The summed E-state index contributed by atoms with van der Waals surface area (Å²) in [5.41, 5.74) is 0. The summed E-state index contributed by atoms with van der Waals surface area (Å²) in [6.07, 6.45) is 1.42. The number of thioether (sulfide) groups is 1. The molecule has 0 N–H and O–H groups in total. The van der Waals surface area contributed by atoms with Crippen molar-refractivity contribution in [3.8, 4) is 5.75 Å². The van der Waals surface area contributed by atoms with Crippen molar-refractivity contribution in [3.05, 3.63) is 54.6 Å². The second-order valence-corrected chi connectivity index (χ2v) is 10.1. The van der Waals surface area contributed by atoms with E-state index in [1.165, 1.54) is 0 Å². The number of ether oxygens (including phenoxy) is 1. The molecule has 1 amide bonds. The molecule has 1 aliphatic heterocycles. The molecule has 2 aromatic rings. The largest absolute Gasteiger partial charge is 0.497 e. The number of hydrogen-bond donors (Lipinski definition) is 0. The summed E-state index contributed by atoms with van der Waals surface area (Å²) in [5.74, 6) is 1.46. The molecule has 3 rings (SSSR count). The summed E-state index contributed by atoms with van der Waals surface area (Å²) in [5, 5.41) is -0.441. The topological polar surface area (TPSA) is 63.7 Å². The van der Waals surface area contributed by atoms with Gasteiger partial charge in [0, 0.05) is 30.2 Å². The third-order valence-electron chi connectivity index (χ3n) is 4.95. The van der Waals surface area contributed by atoms with Gasteiger partial charge >= 0.3 is 0 Å². The van der Waals surface area contributed by atoms with E-state index in [2.05, 4.69) is 0 Å². The molecule has 28 heavy (non-hydrogen) atoms. The highest BCUT2D eigenvalue weighted by Gasteiger charge is 2.32. The molecule has 0 aliphatic carbocycles. The van der Waals surface area contributed by atoms with E-state index >= 15 is 0 Å². The maximum atomic E-state index is 12.8. The van der Waals surface area contributed by atoms with Gasteiger partial charge in [0.25, 0.3) is 0 Å². The second kappa shape index (κ2) is 9.47. The van der Waals surface area contributed by atoms with E-state index in [1.807, 2.05) is 30.3 Å². The lowest BCUT2D eigenvalue weighted by molar-refractivity contribution is -0.131. The van der Waals surface area contributed by atoms with Crippen molar-refractivity contribution in [2.45, 2.75) is 34.3 Å². The maximum Gasteiger partial charge on any atom is 0.223 e. The summed E-state index contributed by atoms with van der Waals surface area (Å²) in [4.78, 5) is 15.7. The number of likely N-dealkylation sites (tertiary alicyclic amines) is 1. The first-order valence-corrected chi connectivity index (χ1v) is 11.9. The Kier molecular flexibility index (Phi) is 7.02. The fourth-order valence-electron chi connectivity index (χ4n) is 3.30. The second-order valence-electron chi connectivity index (χ2n) is 6.71. The van der Waals surface area contributed by atoms with Crippen LogP contribution in [0.1, 0.15) is 19.3 Å². The van der Waals surface area contributed by atoms with Crippen LogP contribution in [0.3, 0.4) is 0 Å². The van der Waals surface area contributed by atoms with Crippen LogP contribution in [0.2, 0.25) is 0 Å². The molecule has 0 atom stereocenters. The smallest absolute Gasteiger partial charge is 0.223 e. The Morgan fingerprint density at radius 2 is 1.71 bits per heavy atom. The summed E-state index contributed by atoms with van der Waals surface area (Å²) in [6.45, 7) is 0.990.